The first-order valence-corrected chi connectivity index (χ1v) is 13.5. The predicted octanol–water partition coefficient (Wildman–Crippen LogP) is 5.96. The molecule has 0 unspecified atom stereocenters. The molecule has 1 aliphatic rings. The lowest BCUT2D eigenvalue weighted by Crippen LogP contribution is -2.66. The molecule has 4 aromatic rings. The van der Waals surface area contributed by atoms with Crippen LogP contribution in [0.25, 0.3) is 0 Å². The summed E-state index contributed by atoms with van der Waals surface area (Å²) >= 11 is 0. The second kappa shape index (κ2) is 12.5. The number of hydrogen-bond acceptors (Lipinski definition) is 8. The van der Waals surface area contributed by atoms with Gasteiger partial charge in [0.1, 0.15) is 23.0 Å². The number of benzene rings is 4. The SMILES string of the molecule is O=C(Oc1ccccc1)C1(C(=O)Oc2ccccc2)CCCCC1(C(=O)Oc1ccccc1)C(=O)Oc1ccccc1. The third kappa shape index (κ3) is 5.51. The highest BCUT2D eigenvalue weighted by Crippen LogP contribution is 2.54. The number of ether oxygens (including phenoxy) is 4. The molecule has 0 N–H and O–H groups in total. The maximum absolute atomic E-state index is 14.3. The summed E-state index contributed by atoms with van der Waals surface area (Å²) in [4.78, 5) is 57.2. The Labute approximate surface area is 242 Å². The number of carbonyl (C=O) groups excluding carboxylic acids is 4. The standard InChI is InChI=1S/C34H28O8/c35-29(39-25-15-5-1-6-16-25)33(30(36)40-26-17-7-2-8-18-26)23-13-14-24-34(33,31(37)41-27-19-9-3-10-20-27)32(38)42-28-21-11-4-12-22-28/h1-12,15-22H,13-14,23-24H2. The summed E-state index contributed by atoms with van der Waals surface area (Å²) < 4.78 is 22.9. The molecule has 0 spiro atoms. The lowest BCUT2D eigenvalue weighted by Gasteiger charge is -2.45. The summed E-state index contributed by atoms with van der Waals surface area (Å²) in [6.45, 7) is 0. The third-order valence-corrected chi connectivity index (χ3v) is 7.29. The maximum atomic E-state index is 14.3. The second-order valence-corrected chi connectivity index (χ2v) is 9.83. The highest BCUT2D eigenvalue weighted by atomic mass is 16.6. The van der Waals surface area contributed by atoms with Crippen LogP contribution in [0.5, 0.6) is 23.0 Å². The highest BCUT2D eigenvalue weighted by Gasteiger charge is 2.74. The van der Waals surface area contributed by atoms with Crippen LogP contribution in [0.2, 0.25) is 0 Å². The molecule has 1 aliphatic carbocycles. The molecule has 0 aliphatic heterocycles. The van der Waals surface area contributed by atoms with Crippen LogP contribution in [0.3, 0.4) is 0 Å². The van der Waals surface area contributed by atoms with Crippen LogP contribution in [0.15, 0.2) is 121 Å². The van der Waals surface area contributed by atoms with E-state index in [-0.39, 0.29) is 35.8 Å². The zero-order valence-electron chi connectivity index (χ0n) is 22.6. The van der Waals surface area contributed by atoms with Crippen molar-refractivity contribution in [1.29, 1.82) is 0 Å². The Morgan fingerprint density at radius 2 is 0.595 bits per heavy atom. The summed E-state index contributed by atoms with van der Waals surface area (Å²) in [6.07, 6.45) is 0.204. The number of rotatable bonds is 8. The quantitative estimate of drug-likeness (QED) is 0.147. The Hall–Kier alpha value is -5.24. The van der Waals surface area contributed by atoms with Crippen molar-refractivity contribution in [1.82, 2.24) is 0 Å². The van der Waals surface area contributed by atoms with E-state index in [1.54, 1.807) is 72.8 Å². The van der Waals surface area contributed by atoms with Crippen LogP contribution in [-0.2, 0) is 19.2 Å². The lowest BCUT2D eigenvalue weighted by molar-refractivity contribution is -0.195. The first-order valence-electron chi connectivity index (χ1n) is 13.5. The third-order valence-electron chi connectivity index (χ3n) is 7.29. The van der Waals surface area contributed by atoms with Crippen molar-refractivity contribution in [3.05, 3.63) is 121 Å². The number of esters is 4. The predicted molar refractivity (Wildman–Crippen MR) is 152 cm³/mol. The Morgan fingerprint density at radius 1 is 0.381 bits per heavy atom. The summed E-state index contributed by atoms with van der Waals surface area (Å²) in [5, 5.41) is 0. The molecule has 4 aromatic carbocycles. The van der Waals surface area contributed by atoms with E-state index in [0.717, 1.165) is 0 Å². The van der Waals surface area contributed by atoms with Crippen molar-refractivity contribution in [2.24, 2.45) is 10.8 Å². The molecular formula is C34H28O8. The first kappa shape index (κ1) is 28.3. The molecule has 0 radical (unpaired) electrons. The van der Waals surface area contributed by atoms with Gasteiger partial charge in [0, 0.05) is 0 Å². The van der Waals surface area contributed by atoms with Crippen LogP contribution >= 0.6 is 0 Å². The smallest absolute Gasteiger partial charge is 0.330 e. The van der Waals surface area contributed by atoms with Crippen molar-refractivity contribution >= 4 is 23.9 Å². The van der Waals surface area contributed by atoms with E-state index in [9.17, 15) is 19.2 Å². The minimum Gasteiger partial charge on any atom is -0.426 e. The minimum atomic E-state index is -2.45. The normalized spacial score (nSPS) is 15.0. The molecule has 8 heteroatoms. The Kier molecular flexibility index (Phi) is 8.43. The molecule has 0 saturated heterocycles. The van der Waals surface area contributed by atoms with Crippen molar-refractivity contribution in [2.45, 2.75) is 25.7 Å². The van der Waals surface area contributed by atoms with Crippen LogP contribution < -0.4 is 18.9 Å². The van der Waals surface area contributed by atoms with E-state index >= 15 is 0 Å². The fourth-order valence-electron chi connectivity index (χ4n) is 5.21. The van der Waals surface area contributed by atoms with Gasteiger partial charge in [-0.25, -0.2) is 0 Å². The van der Waals surface area contributed by atoms with Gasteiger partial charge < -0.3 is 18.9 Å². The van der Waals surface area contributed by atoms with E-state index in [1.807, 2.05) is 0 Å². The van der Waals surface area contributed by atoms with E-state index < -0.39 is 34.7 Å². The Bertz CT molecular complexity index is 1310. The molecular weight excluding hydrogens is 536 g/mol. The number of carbonyl (C=O) groups is 4. The Balaban J connectivity index is 1.68. The maximum Gasteiger partial charge on any atom is 0.330 e. The molecule has 0 atom stereocenters. The topological polar surface area (TPSA) is 105 Å². The van der Waals surface area contributed by atoms with Gasteiger partial charge in [0.05, 0.1) is 0 Å². The van der Waals surface area contributed by atoms with E-state index in [4.69, 9.17) is 18.9 Å². The van der Waals surface area contributed by atoms with Gasteiger partial charge >= 0.3 is 23.9 Å². The average Bonchev–Trinajstić information content (AvgIpc) is 3.02. The van der Waals surface area contributed by atoms with Crippen molar-refractivity contribution in [3.8, 4) is 23.0 Å². The molecule has 1 fully saturated rings. The molecule has 8 nitrogen and oxygen atoms in total. The summed E-state index contributed by atoms with van der Waals surface area (Å²) in [6, 6.07) is 32.4. The molecule has 0 bridgehead atoms. The largest absolute Gasteiger partial charge is 0.426 e. The fraction of sp³-hybridized carbons (Fsp3) is 0.176. The second-order valence-electron chi connectivity index (χ2n) is 9.83. The van der Waals surface area contributed by atoms with Crippen LogP contribution in [0.1, 0.15) is 25.7 Å². The van der Waals surface area contributed by atoms with Crippen LogP contribution in [-0.4, -0.2) is 23.9 Å². The van der Waals surface area contributed by atoms with Gasteiger partial charge in [0.15, 0.2) is 10.8 Å². The van der Waals surface area contributed by atoms with E-state index in [0.29, 0.717) is 12.8 Å². The monoisotopic (exact) mass is 564 g/mol. The van der Waals surface area contributed by atoms with E-state index in [2.05, 4.69) is 0 Å². The van der Waals surface area contributed by atoms with Crippen molar-refractivity contribution in [3.63, 3.8) is 0 Å². The molecule has 42 heavy (non-hydrogen) atoms. The fourth-order valence-corrected chi connectivity index (χ4v) is 5.21. The minimum absolute atomic E-state index is 0.127. The zero-order valence-corrected chi connectivity index (χ0v) is 22.6. The van der Waals surface area contributed by atoms with Gasteiger partial charge in [-0.3, -0.25) is 19.2 Å². The van der Waals surface area contributed by atoms with Gasteiger partial charge in [0.2, 0.25) is 0 Å². The van der Waals surface area contributed by atoms with Gasteiger partial charge in [-0.2, -0.15) is 0 Å². The Morgan fingerprint density at radius 3 is 0.810 bits per heavy atom. The molecule has 5 rings (SSSR count). The molecule has 0 aromatic heterocycles. The summed E-state index contributed by atoms with van der Waals surface area (Å²) in [7, 11) is 0. The van der Waals surface area contributed by atoms with Gasteiger partial charge in [-0.1, -0.05) is 85.6 Å². The molecule has 212 valence electrons. The lowest BCUT2D eigenvalue weighted by atomic mass is 9.55. The van der Waals surface area contributed by atoms with Crippen LogP contribution in [0, 0.1) is 10.8 Å². The van der Waals surface area contributed by atoms with Crippen molar-refractivity contribution in [2.75, 3.05) is 0 Å². The van der Waals surface area contributed by atoms with E-state index in [1.165, 1.54) is 48.5 Å². The molecule has 0 heterocycles. The van der Waals surface area contributed by atoms with Gasteiger partial charge in [-0.15, -0.1) is 0 Å². The highest BCUT2D eigenvalue weighted by molar-refractivity contribution is 6.16. The average molecular weight is 565 g/mol. The number of para-hydroxylation sites is 4. The molecule has 1 saturated carbocycles. The number of hydrogen-bond donors (Lipinski definition) is 0. The van der Waals surface area contributed by atoms with Gasteiger partial charge in [-0.05, 0) is 61.4 Å². The van der Waals surface area contributed by atoms with Crippen LogP contribution in [0.4, 0.5) is 0 Å². The van der Waals surface area contributed by atoms with Gasteiger partial charge in [0.25, 0.3) is 0 Å². The molecule has 0 amide bonds. The summed E-state index contributed by atoms with van der Waals surface area (Å²) in [5.41, 5.74) is -4.90. The van der Waals surface area contributed by atoms with Crippen molar-refractivity contribution < 1.29 is 38.1 Å². The summed E-state index contributed by atoms with van der Waals surface area (Å²) in [5.74, 6) is -3.98. The first-order chi connectivity index (χ1) is 20.5. The zero-order chi connectivity index (χ0) is 29.4.